The van der Waals surface area contributed by atoms with Crippen LogP contribution >= 0.6 is 11.8 Å². The Morgan fingerprint density at radius 1 is 0.900 bits per heavy atom. The molecule has 1 aliphatic rings. The fourth-order valence-corrected chi connectivity index (χ4v) is 3.56. The van der Waals surface area contributed by atoms with Gasteiger partial charge in [-0.15, -0.1) is 0 Å². The second-order valence-electron chi connectivity index (χ2n) is 4.86. The zero-order valence-corrected chi connectivity index (χ0v) is 11.8. The van der Waals surface area contributed by atoms with Crippen molar-refractivity contribution in [2.45, 2.75) is 11.7 Å². The van der Waals surface area contributed by atoms with Gasteiger partial charge in [-0.2, -0.15) is 0 Å². The van der Waals surface area contributed by atoms with E-state index in [0.29, 0.717) is 0 Å². The first-order chi connectivity index (χ1) is 9.92. The smallest absolute Gasteiger partial charge is 0.168 e. The predicted molar refractivity (Wildman–Crippen MR) is 83.8 cm³/mol. The highest BCUT2D eigenvalue weighted by Gasteiger charge is 2.17. The maximum Gasteiger partial charge on any atom is 0.168 e. The Morgan fingerprint density at radius 2 is 1.65 bits per heavy atom. The quantitative estimate of drug-likeness (QED) is 0.694. The molecule has 0 saturated carbocycles. The molecule has 98 valence electrons. The summed E-state index contributed by atoms with van der Waals surface area (Å²) in [6, 6.07) is 19.0. The third-order valence-electron chi connectivity index (χ3n) is 3.59. The van der Waals surface area contributed by atoms with Gasteiger partial charge in [0.05, 0.1) is 5.69 Å². The predicted octanol–water partition coefficient (Wildman–Crippen LogP) is 4.32. The van der Waals surface area contributed by atoms with Crippen LogP contribution in [0.3, 0.4) is 0 Å². The lowest BCUT2D eigenvalue weighted by Crippen LogP contribution is -1.89. The topological polar surface area (TPSA) is 17.8 Å². The van der Waals surface area contributed by atoms with Crippen LogP contribution in [0.15, 0.2) is 66.0 Å². The van der Waals surface area contributed by atoms with E-state index in [1.165, 1.54) is 16.7 Å². The molecule has 2 aromatic carbocycles. The Bertz CT molecular complexity index is 725. The van der Waals surface area contributed by atoms with Crippen molar-refractivity contribution in [2.24, 2.45) is 0 Å². The number of aromatic nitrogens is 2. The largest absolute Gasteiger partial charge is 0.325 e. The SMILES string of the molecule is c1ccc(-c2ccccc2-c2cn3c(n2)SCC3)cc1. The zero-order valence-electron chi connectivity index (χ0n) is 11.0. The minimum atomic E-state index is 1.07. The molecular weight excluding hydrogens is 264 g/mol. The highest BCUT2D eigenvalue weighted by molar-refractivity contribution is 7.99. The number of fused-ring (bicyclic) bond motifs is 1. The minimum absolute atomic E-state index is 1.07. The average Bonchev–Trinajstić information content (AvgIpc) is 3.09. The fraction of sp³-hybridized carbons (Fsp3) is 0.118. The monoisotopic (exact) mass is 278 g/mol. The van der Waals surface area contributed by atoms with E-state index in [2.05, 4.69) is 59.3 Å². The molecule has 0 fully saturated rings. The van der Waals surface area contributed by atoms with Crippen molar-refractivity contribution in [2.75, 3.05) is 5.75 Å². The molecule has 2 heterocycles. The van der Waals surface area contributed by atoms with E-state index in [4.69, 9.17) is 4.98 Å². The van der Waals surface area contributed by atoms with Crippen LogP contribution in [0, 0.1) is 0 Å². The maximum absolute atomic E-state index is 4.77. The van der Waals surface area contributed by atoms with E-state index in [-0.39, 0.29) is 0 Å². The summed E-state index contributed by atoms with van der Waals surface area (Å²) in [5.41, 5.74) is 4.77. The van der Waals surface area contributed by atoms with Gasteiger partial charge in [-0.1, -0.05) is 66.4 Å². The van der Waals surface area contributed by atoms with Gasteiger partial charge in [-0.3, -0.25) is 0 Å². The highest BCUT2D eigenvalue weighted by Crippen LogP contribution is 2.34. The molecule has 3 heteroatoms. The lowest BCUT2D eigenvalue weighted by atomic mass is 9.98. The van der Waals surface area contributed by atoms with Gasteiger partial charge in [0.25, 0.3) is 0 Å². The highest BCUT2D eigenvalue weighted by atomic mass is 32.2. The lowest BCUT2D eigenvalue weighted by Gasteiger charge is -2.07. The van der Waals surface area contributed by atoms with Gasteiger partial charge in [0.15, 0.2) is 5.16 Å². The Kier molecular flexibility index (Phi) is 2.85. The molecule has 0 radical (unpaired) electrons. The standard InChI is InChI=1S/C17H14N2S/c1-2-6-13(7-3-1)14-8-4-5-9-15(14)16-12-19-10-11-20-17(19)18-16/h1-9,12H,10-11H2. The second kappa shape index (κ2) is 4.84. The van der Waals surface area contributed by atoms with Crippen LogP contribution in [0.25, 0.3) is 22.4 Å². The summed E-state index contributed by atoms with van der Waals surface area (Å²) in [5, 5.41) is 1.14. The molecule has 0 spiro atoms. The van der Waals surface area contributed by atoms with Gasteiger partial charge < -0.3 is 4.57 Å². The Labute approximate surface area is 122 Å². The number of thioether (sulfide) groups is 1. The van der Waals surface area contributed by atoms with E-state index in [9.17, 15) is 0 Å². The molecule has 0 atom stereocenters. The zero-order chi connectivity index (χ0) is 13.4. The molecule has 1 aliphatic heterocycles. The van der Waals surface area contributed by atoms with Gasteiger partial charge in [-0.25, -0.2) is 4.98 Å². The summed E-state index contributed by atoms with van der Waals surface area (Å²) in [5.74, 6) is 1.14. The van der Waals surface area contributed by atoms with Gasteiger partial charge in [-0.05, 0) is 11.1 Å². The number of benzene rings is 2. The van der Waals surface area contributed by atoms with Gasteiger partial charge in [0, 0.05) is 24.1 Å². The second-order valence-corrected chi connectivity index (χ2v) is 5.92. The van der Waals surface area contributed by atoms with Gasteiger partial charge >= 0.3 is 0 Å². The molecule has 0 N–H and O–H groups in total. The third kappa shape index (κ3) is 1.95. The van der Waals surface area contributed by atoms with Crippen LogP contribution < -0.4 is 0 Å². The van der Waals surface area contributed by atoms with Crippen molar-refractivity contribution in [3.63, 3.8) is 0 Å². The molecule has 0 bridgehead atoms. The molecule has 0 unspecified atom stereocenters. The fourth-order valence-electron chi connectivity index (χ4n) is 2.62. The number of aryl methyl sites for hydroxylation is 1. The van der Waals surface area contributed by atoms with Crippen LogP contribution in [0.5, 0.6) is 0 Å². The Morgan fingerprint density at radius 3 is 2.45 bits per heavy atom. The molecule has 0 amide bonds. The first kappa shape index (κ1) is 11.8. The van der Waals surface area contributed by atoms with Crippen LogP contribution in [0.2, 0.25) is 0 Å². The van der Waals surface area contributed by atoms with Crippen molar-refractivity contribution < 1.29 is 0 Å². The van der Waals surface area contributed by atoms with Gasteiger partial charge in [0.2, 0.25) is 0 Å². The number of hydrogen-bond donors (Lipinski definition) is 0. The van der Waals surface area contributed by atoms with Crippen LogP contribution in [0.1, 0.15) is 0 Å². The molecular formula is C17H14N2S. The van der Waals surface area contributed by atoms with Crippen molar-refractivity contribution in [1.29, 1.82) is 0 Å². The first-order valence-corrected chi connectivity index (χ1v) is 7.75. The summed E-state index contributed by atoms with van der Waals surface area (Å²) in [6.45, 7) is 1.07. The summed E-state index contributed by atoms with van der Waals surface area (Å²) in [4.78, 5) is 4.77. The normalized spacial score (nSPS) is 13.4. The summed E-state index contributed by atoms with van der Waals surface area (Å²) in [6.07, 6.45) is 2.18. The molecule has 3 aromatic rings. The van der Waals surface area contributed by atoms with Gasteiger partial charge in [0.1, 0.15) is 0 Å². The van der Waals surface area contributed by atoms with Crippen LogP contribution in [-0.2, 0) is 6.54 Å². The molecule has 4 rings (SSSR count). The average molecular weight is 278 g/mol. The number of hydrogen-bond acceptors (Lipinski definition) is 2. The van der Waals surface area contributed by atoms with Crippen molar-refractivity contribution in [3.05, 3.63) is 60.8 Å². The molecule has 20 heavy (non-hydrogen) atoms. The molecule has 0 saturated heterocycles. The summed E-state index contributed by atoms with van der Waals surface area (Å²) >= 11 is 1.84. The van der Waals surface area contributed by atoms with Crippen molar-refractivity contribution >= 4 is 11.8 Å². The van der Waals surface area contributed by atoms with E-state index in [0.717, 1.165) is 23.1 Å². The molecule has 0 aliphatic carbocycles. The Balaban J connectivity index is 1.86. The van der Waals surface area contributed by atoms with E-state index in [1.54, 1.807) is 0 Å². The maximum atomic E-state index is 4.77. The summed E-state index contributed by atoms with van der Waals surface area (Å²) < 4.78 is 2.25. The first-order valence-electron chi connectivity index (χ1n) is 6.76. The lowest BCUT2D eigenvalue weighted by molar-refractivity contribution is 0.719. The van der Waals surface area contributed by atoms with Crippen LogP contribution in [0.4, 0.5) is 0 Å². The molecule has 2 nitrogen and oxygen atoms in total. The molecule has 1 aromatic heterocycles. The number of rotatable bonds is 2. The number of imidazole rings is 1. The Hall–Kier alpha value is -2.00. The minimum Gasteiger partial charge on any atom is -0.325 e. The van der Waals surface area contributed by atoms with Crippen molar-refractivity contribution in [1.82, 2.24) is 9.55 Å². The van der Waals surface area contributed by atoms with E-state index < -0.39 is 0 Å². The number of nitrogens with zero attached hydrogens (tertiary/aromatic N) is 2. The van der Waals surface area contributed by atoms with Crippen molar-refractivity contribution in [3.8, 4) is 22.4 Å². The van der Waals surface area contributed by atoms with E-state index >= 15 is 0 Å². The summed E-state index contributed by atoms with van der Waals surface area (Å²) in [7, 11) is 0. The van der Waals surface area contributed by atoms with Crippen LogP contribution in [-0.4, -0.2) is 15.3 Å². The third-order valence-corrected chi connectivity index (χ3v) is 4.56. The van der Waals surface area contributed by atoms with E-state index in [1.807, 2.05) is 17.8 Å².